The number of carbonyl (C=O) groups is 1. The molecule has 3 aromatic rings. The van der Waals surface area contributed by atoms with E-state index in [1.165, 1.54) is 12.1 Å². The van der Waals surface area contributed by atoms with E-state index in [-0.39, 0.29) is 11.7 Å². The second kappa shape index (κ2) is 7.51. The first-order valence-corrected chi connectivity index (χ1v) is 8.33. The lowest BCUT2D eigenvalue weighted by Crippen LogP contribution is -2.29. The summed E-state index contributed by atoms with van der Waals surface area (Å²) < 4.78 is 23.6. The van der Waals surface area contributed by atoms with Crippen molar-refractivity contribution in [2.45, 2.75) is 20.3 Å². The summed E-state index contributed by atoms with van der Waals surface area (Å²) in [7, 11) is 1.74. The molecule has 3 rings (SSSR count). The largest absolute Gasteiger partial charge is 0.494 e. The number of ether oxygens (including phenoxy) is 1. The molecule has 0 aliphatic heterocycles. The topological polar surface area (TPSA) is 68.5 Å². The molecule has 0 spiro atoms. The molecule has 0 atom stereocenters. The van der Waals surface area contributed by atoms with Crippen LogP contribution in [0.25, 0.3) is 11.1 Å². The third-order valence-electron chi connectivity index (χ3n) is 4.04. The van der Waals surface area contributed by atoms with Crippen LogP contribution in [0, 0.1) is 19.7 Å². The molecule has 0 aliphatic carbocycles. The molecule has 0 fully saturated rings. The zero-order valence-corrected chi connectivity index (χ0v) is 15.0. The van der Waals surface area contributed by atoms with Crippen molar-refractivity contribution in [3.63, 3.8) is 0 Å². The van der Waals surface area contributed by atoms with Gasteiger partial charge in [0.25, 0.3) is 11.6 Å². The van der Waals surface area contributed by atoms with Gasteiger partial charge < -0.3 is 14.2 Å². The molecule has 136 valence electrons. The lowest BCUT2D eigenvalue weighted by atomic mass is 10.1. The second-order valence-electron chi connectivity index (χ2n) is 6.14. The standard InChI is InChI=1S/C19H20FN3O3/c1-12-11-16(17-13(2)22-26-18(17)21-12)19(24)23(3)9-4-10-25-15-7-5-14(20)6-8-15/h5-8,11H,4,9-10H2,1-3H3. The van der Waals surface area contributed by atoms with Gasteiger partial charge in [0, 0.05) is 19.3 Å². The molecule has 7 heteroatoms. The molecular formula is C19H20FN3O3. The Hall–Kier alpha value is -2.96. The normalized spacial score (nSPS) is 10.9. The molecule has 6 nitrogen and oxygen atoms in total. The molecule has 0 radical (unpaired) electrons. The van der Waals surface area contributed by atoms with E-state index >= 15 is 0 Å². The highest BCUT2D eigenvalue weighted by molar-refractivity contribution is 6.05. The molecule has 2 heterocycles. The van der Waals surface area contributed by atoms with Crippen molar-refractivity contribution in [2.24, 2.45) is 0 Å². The van der Waals surface area contributed by atoms with E-state index < -0.39 is 0 Å². The lowest BCUT2D eigenvalue weighted by molar-refractivity contribution is 0.0789. The van der Waals surface area contributed by atoms with E-state index in [1.807, 2.05) is 6.92 Å². The Balaban J connectivity index is 1.61. The quantitative estimate of drug-likeness (QED) is 0.632. The van der Waals surface area contributed by atoms with E-state index in [0.29, 0.717) is 53.4 Å². The molecule has 0 aliphatic rings. The molecule has 0 N–H and O–H groups in total. The summed E-state index contributed by atoms with van der Waals surface area (Å²) >= 11 is 0. The number of hydrogen-bond acceptors (Lipinski definition) is 5. The van der Waals surface area contributed by atoms with E-state index in [0.717, 1.165) is 0 Å². The molecule has 0 bridgehead atoms. The predicted octanol–water partition coefficient (Wildman–Crippen LogP) is 3.52. The SMILES string of the molecule is Cc1cc(C(=O)N(C)CCCOc2ccc(F)cc2)c2c(C)noc2n1. The van der Waals surface area contributed by atoms with Crippen molar-refractivity contribution >= 4 is 17.0 Å². The number of aromatic nitrogens is 2. The summed E-state index contributed by atoms with van der Waals surface area (Å²) in [6.45, 7) is 4.55. The van der Waals surface area contributed by atoms with Gasteiger partial charge in [0.15, 0.2) is 0 Å². The van der Waals surface area contributed by atoms with Crippen LogP contribution in [0.15, 0.2) is 34.9 Å². The number of carbonyl (C=O) groups excluding carboxylic acids is 1. The van der Waals surface area contributed by atoms with Crippen molar-refractivity contribution in [2.75, 3.05) is 20.2 Å². The number of pyridine rings is 1. The van der Waals surface area contributed by atoms with Gasteiger partial charge in [-0.25, -0.2) is 9.37 Å². The van der Waals surface area contributed by atoms with Gasteiger partial charge in [-0.2, -0.15) is 0 Å². The fourth-order valence-corrected chi connectivity index (χ4v) is 2.72. The summed E-state index contributed by atoms with van der Waals surface area (Å²) in [5, 5.41) is 4.55. The van der Waals surface area contributed by atoms with E-state index in [1.54, 1.807) is 37.1 Å². The van der Waals surface area contributed by atoms with Crippen LogP contribution >= 0.6 is 0 Å². The third kappa shape index (κ3) is 3.82. The Labute approximate surface area is 150 Å². The van der Waals surface area contributed by atoms with Crippen LogP contribution < -0.4 is 4.74 Å². The van der Waals surface area contributed by atoms with Gasteiger partial charge in [-0.3, -0.25) is 4.79 Å². The van der Waals surface area contributed by atoms with Gasteiger partial charge >= 0.3 is 0 Å². The molecule has 0 saturated heterocycles. The fourth-order valence-electron chi connectivity index (χ4n) is 2.72. The van der Waals surface area contributed by atoms with Crippen LogP contribution in [0.5, 0.6) is 5.75 Å². The minimum atomic E-state index is -0.300. The Morgan fingerprint density at radius 2 is 2.00 bits per heavy atom. The Kier molecular flexibility index (Phi) is 5.16. The second-order valence-corrected chi connectivity index (χ2v) is 6.14. The number of amides is 1. The minimum Gasteiger partial charge on any atom is -0.494 e. The third-order valence-corrected chi connectivity index (χ3v) is 4.04. The Morgan fingerprint density at radius 1 is 1.27 bits per heavy atom. The Morgan fingerprint density at radius 3 is 2.73 bits per heavy atom. The zero-order chi connectivity index (χ0) is 18.7. The summed E-state index contributed by atoms with van der Waals surface area (Å²) in [5.41, 5.74) is 2.25. The smallest absolute Gasteiger partial charge is 0.258 e. The first-order chi connectivity index (χ1) is 12.5. The van der Waals surface area contributed by atoms with E-state index in [9.17, 15) is 9.18 Å². The van der Waals surface area contributed by atoms with Crippen molar-refractivity contribution < 1.29 is 18.4 Å². The summed E-state index contributed by atoms with van der Waals surface area (Å²) in [6, 6.07) is 7.61. The molecule has 26 heavy (non-hydrogen) atoms. The zero-order valence-electron chi connectivity index (χ0n) is 15.0. The van der Waals surface area contributed by atoms with Crippen LogP contribution in [0.2, 0.25) is 0 Å². The number of fused-ring (bicyclic) bond motifs is 1. The first-order valence-electron chi connectivity index (χ1n) is 8.33. The number of benzene rings is 1. The van der Waals surface area contributed by atoms with Crippen molar-refractivity contribution in [3.05, 3.63) is 53.1 Å². The van der Waals surface area contributed by atoms with Crippen LogP contribution in [0.1, 0.15) is 28.2 Å². The number of halogens is 1. The highest BCUT2D eigenvalue weighted by Crippen LogP contribution is 2.23. The van der Waals surface area contributed by atoms with Gasteiger partial charge in [-0.15, -0.1) is 0 Å². The van der Waals surface area contributed by atoms with E-state index in [4.69, 9.17) is 9.26 Å². The summed E-state index contributed by atoms with van der Waals surface area (Å²) in [6.07, 6.45) is 0.648. The molecule has 1 amide bonds. The van der Waals surface area contributed by atoms with E-state index in [2.05, 4.69) is 10.1 Å². The molecule has 0 saturated carbocycles. The Bertz CT molecular complexity index is 922. The van der Waals surface area contributed by atoms with Crippen LogP contribution in [-0.4, -0.2) is 41.1 Å². The number of hydrogen-bond donors (Lipinski definition) is 0. The summed E-state index contributed by atoms with van der Waals surface area (Å²) in [4.78, 5) is 18.7. The van der Waals surface area contributed by atoms with Gasteiger partial charge in [-0.1, -0.05) is 5.16 Å². The number of nitrogens with zero attached hydrogens (tertiary/aromatic N) is 3. The maximum Gasteiger partial charge on any atom is 0.258 e. The van der Waals surface area contributed by atoms with Crippen LogP contribution in [0.3, 0.4) is 0 Å². The molecule has 0 unspecified atom stereocenters. The van der Waals surface area contributed by atoms with Crippen molar-refractivity contribution in [1.29, 1.82) is 0 Å². The van der Waals surface area contributed by atoms with Crippen molar-refractivity contribution in [1.82, 2.24) is 15.0 Å². The lowest BCUT2D eigenvalue weighted by Gasteiger charge is -2.18. The minimum absolute atomic E-state index is 0.117. The van der Waals surface area contributed by atoms with Gasteiger partial charge in [0.2, 0.25) is 0 Å². The average molecular weight is 357 g/mol. The highest BCUT2D eigenvalue weighted by atomic mass is 19.1. The first kappa shape index (κ1) is 17.8. The number of aryl methyl sites for hydroxylation is 2. The maximum atomic E-state index is 12.9. The maximum absolute atomic E-state index is 12.9. The highest BCUT2D eigenvalue weighted by Gasteiger charge is 2.20. The fraction of sp³-hybridized carbons (Fsp3) is 0.316. The van der Waals surface area contributed by atoms with Gasteiger partial charge in [-0.05, 0) is 50.6 Å². The summed E-state index contributed by atoms with van der Waals surface area (Å²) in [5.74, 6) is 0.186. The van der Waals surface area contributed by atoms with Crippen LogP contribution in [-0.2, 0) is 0 Å². The molecule has 1 aromatic carbocycles. The van der Waals surface area contributed by atoms with Gasteiger partial charge in [0.05, 0.1) is 23.3 Å². The number of rotatable bonds is 6. The van der Waals surface area contributed by atoms with Crippen molar-refractivity contribution in [3.8, 4) is 5.75 Å². The average Bonchev–Trinajstić information content (AvgIpc) is 2.99. The molecule has 2 aromatic heterocycles. The monoisotopic (exact) mass is 357 g/mol. The van der Waals surface area contributed by atoms with Gasteiger partial charge in [0.1, 0.15) is 11.6 Å². The molecular weight excluding hydrogens is 337 g/mol. The van der Waals surface area contributed by atoms with Crippen LogP contribution in [0.4, 0.5) is 4.39 Å². The predicted molar refractivity (Wildman–Crippen MR) is 94.8 cm³/mol.